The molecule has 0 unspecified atom stereocenters. The molecule has 4 heteroatoms. The highest BCUT2D eigenvalue weighted by atomic mass is 15.0. The first kappa shape index (κ1) is 22.6. The molecule has 194 valence electrons. The number of benzene rings is 4. The third-order valence-corrected chi connectivity index (χ3v) is 9.01. The smallest absolute Gasteiger partial charge is 0.0963 e. The third kappa shape index (κ3) is 2.94. The van der Waals surface area contributed by atoms with Crippen molar-refractivity contribution < 1.29 is 0 Å². The van der Waals surface area contributed by atoms with Crippen molar-refractivity contribution in [3.8, 4) is 22.5 Å². The van der Waals surface area contributed by atoms with E-state index in [-0.39, 0.29) is 5.41 Å². The van der Waals surface area contributed by atoms with Crippen molar-refractivity contribution in [3.05, 3.63) is 133 Å². The number of nitrogens with zero attached hydrogens (tertiary/aromatic N) is 4. The van der Waals surface area contributed by atoms with Crippen LogP contribution in [0.1, 0.15) is 25.0 Å². The van der Waals surface area contributed by atoms with Crippen molar-refractivity contribution in [2.75, 3.05) is 0 Å². The van der Waals surface area contributed by atoms with Crippen molar-refractivity contribution in [2.24, 2.45) is 0 Å². The number of hydrogen-bond acceptors (Lipinski definition) is 2. The van der Waals surface area contributed by atoms with Crippen LogP contribution < -0.4 is 0 Å². The van der Waals surface area contributed by atoms with Crippen molar-refractivity contribution in [1.29, 1.82) is 0 Å². The SMILES string of the molecule is CC1(C)c2cc(-n3c4ccccc4c4ncccc43)ccc2-c2ccc(-n3c4ccccc4c4ncccc43)cc21. The number of fused-ring (bicyclic) bond motifs is 9. The summed E-state index contributed by atoms with van der Waals surface area (Å²) in [6.07, 6.45) is 3.76. The van der Waals surface area contributed by atoms with Crippen molar-refractivity contribution in [1.82, 2.24) is 19.1 Å². The Kier molecular flexibility index (Phi) is 4.36. The van der Waals surface area contributed by atoms with Gasteiger partial charge in [-0.15, -0.1) is 0 Å². The van der Waals surface area contributed by atoms with E-state index in [1.807, 2.05) is 24.5 Å². The monoisotopic (exact) mass is 526 g/mol. The van der Waals surface area contributed by atoms with Crippen LogP contribution in [0.25, 0.3) is 66.4 Å². The van der Waals surface area contributed by atoms with E-state index >= 15 is 0 Å². The van der Waals surface area contributed by atoms with E-state index in [1.165, 1.54) is 44.1 Å². The van der Waals surface area contributed by atoms with Crippen LogP contribution in [0.3, 0.4) is 0 Å². The fraction of sp³-hybridized carbons (Fsp3) is 0.0811. The maximum Gasteiger partial charge on any atom is 0.0963 e. The lowest BCUT2D eigenvalue weighted by Gasteiger charge is -2.23. The molecular formula is C37H26N4. The molecule has 4 aromatic carbocycles. The maximum atomic E-state index is 4.74. The van der Waals surface area contributed by atoms with Gasteiger partial charge in [0.1, 0.15) is 0 Å². The van der Waals surface area contributed by atoms with Crippen LogP contribution in [0, 0.1) is 0 Å². The topological polar surface area (TPSA) is 35.6 Å². The van der Waals surface area contributed by atoms with Gasteiger partial charge in [0, 0.05) is 40.0 Å². The molecule has 8 aromatic rings. The Morgan fingerprint density at radius 3 is 1.41 bits per heavy atom. The lowest BCUT2D eigenvalue weighted by molar-refractivity contribution is 0.659. The molecule has 0 aliphatic heterocycles. The van der Waals surface area contributed by atoms with E-state index < -0.39 is 0 Å². The lowest BCUT2D eigenvalue weighted by Crippen LogP contribution is -2.16. The number of hydrogen-bond donors (Lipinski definition) is 0. The summed E-state index contributed by atoms with van der Waals surface area (Å²) in [5.41, 5.74) is 14.2. The number of para-hydroxylation sites is 2. The highest BCUT2D eigenvalue weighted by Crippen LogP contribution is 2.50. The predicted molar refractivity (Wildman–Crippen MR) is 168 cm³/mol. The molecule has 0 amide bonds. The minimum absolute atomic E-state index is 0.162. The molecule has 0 N–H and O–H groups in total. The second kappa shape index (κ2) is 7.92. The first-order valence-electron chi connectivity index (χ1n) is 14.1. The van der Waals surface area contributed by atoms with Gasteiger partial charge in [-0.3, -0.25) is 9.97 Å². The summed E-state index contributed by atoms with van der Waals surface area (Å²) in [6, 6.07) is 39.4. The zero-order valence-electron chi connectivity index (χ0n) is 22.8. The summed E-state index contributed by atoms with van der Waals surface area (Å²) in [7, 11) is 0. The van der Waals surface area contributed by atoms with Gasteiger partial charge >= 0.3 is 0 Å². The second-order valence-electron chi connectivity index (χ2n) is 11.5. The fourth-order valence-electron chi connectivity index (χ4n) is 7.11. The molecule has 4 aromatic heterocycles. The van der Waals surface area contributed by atoms with Gasteiger partial charge in [-0.25, -0.2) is 0 Å². The average molecular weight is 527 g/mol. The van der Waals surface area contributed by atoms with Crippen molar-refractivity contribution >= 4 is 43.9 Å². The van der Waals surface area contributed by atoms with Gasteiger partial charge in [-0.05, 0) is 82.9 Å². The first-order valence-corrected chi connectivity index (χ1v) is 14.1. The Morgan fingerprint density at radius 1 is 0.488 bits per heavy atom. The summed E-state index contributed by atoms with van der Waals surface area (Å²) in [6.45, 7) is 4.71. The average Bonchev–Trinajstić information content (AvgIpc) is 3.61. The van der Waals surface area contributed by atoms with E-state index in [4.69, 9.17) is 9.97 Å². The Morgan fingerprint density at radius 2 is 0.927 bits per heavy atom. The third-order valence-electron chi connectivity index (χ3n) is 9.01. The molecule has 9 rings (SSSR count). The Labute approximate surface area is 237 Å². The molecule has 41 heavy (non-hydrogen) atoms. The standard InChI is InChI=1S/C37H26N4/c1-37(2)29-21-23(40-31-11-5-3-9-27(31)35-33(40)13-7-19-38-35)15-17-25(29)26-18-16-24(22-30(26)37)41-32-12-6-4-10-28(32)36-34(41)14-8-20-39-36/h3-22H,1-2H3. The molecule has 4 nitrogen and oxygen atoms in total. The molecule has 0 radical (unpaired) electrons. The van der Waals surface area contributed by atoms with Gasteiger partial charge in [0.2, 0.25) is 0 Å². The Balaban J connectivity index is 1.24. The molecule has 4 heterocycles. The molecule has 0 bridgehead atoms. The summed E-state index contributed by atoms with van der Waals surface area (Å²) >= 11 is 0. The normalized spacial score (nSPS) is 13.8. The second-order valence-corrected chi connectivity index (χ2v) is 11.5. The summed E-state index contributed by atoms with van der Waals surface area (Å²) in [5.74, 6) is 0. The number of aromatic nitrogens is 4. The van der Waals surface area contributed by atoms with Gasteiger partial charge in [0.05, 0.1) is 33.1 Å². The van der Waals surface area contributed by atoms with Crippen LogP contribution in [0.15, 0.2) is 122 Å². The summed E-state index contributed by atoms with van der Waals surface area (Å²) in [4.78, 5) is 9.48. The minimum atomic E-state index is -0.162. The zero-order chi connectivity index (χ0) is 27.3. The highest BCUT2D eigenvalue weighted by Gasteiger charge is 2.36. The predicted octanol–water partition coefficient (Wildman–Crippen LogP) is 8.98. The van der Waals surface area contributed by atoms with E-state index in [2.05, 4.69) is 120 Å². The van der Waals surface area contributed by atoms with Crippen LogP contribution in [0.4, 0.5) is 0 Å². The minimum Gasteiger partial charge on any atom is -0.308 e. The zero-order valence-corrected chi connectivity index (χ0v) is 22.8. The molecule has 0 spiro atoms. The fourth-order valence-corrected chi connectivity index (χ4v) is 7.11. The lowest BCUT2D eigenvalue weighted by atomic mass is 9.82. The summed E-state index contributed by atoms with van der Waals surface area (Å²) in [5, 5.41) is 2.35. The molecule has 0 saturated heterocycles. The van der Waals surface area contributed by atoms with E-state index in [0.29, 0.717) is 0 Å². The largest absolute Gasteiger partial charge is 0.308 e. The van der Waals surface area contributed by atoms with Crippen LogP contribution in [0.2, 0.25) is 0 Å². The van der Waals surface area contributed by atoms with Crippen LogP contribution in [-0.2, 0) is 5.41 Å². The highest BCUT2D eigenvalue weighted by molar-refractivity contribution is 6.08. The maximum absolute atomic E-state index is 4.74. The Hall–Kier alpha value is -5.22. The van der Waals surface area contributed by atoms with Gasteiger partial charge in [-0.1, -0.05) is 62.4 Å². The summed E-state index contributed by atoms with van der Waals surface area (Å²) < 4.78 is 4.71. The first-order chi connectivity index (χ1) is 20.1. The molecule has 0 atom stereocenters. The molecule has 1 aliphatic rings. The van der Waals surface area contributed by atoms with Gasteiger partial charge in [0.25, 0.3) is 0 Å². The number of rotatable bonds is 2. The van der Waals surface area contributed by atoms with Crippen molar-refractivity contribution in [2.45, 2.75) is 19.3 Å². The van der Waals surface area contributed by atoms with E-state index in [1.54, 1.807) is 0 Å². The molecular weight excluding hydrogens is 500 g/mol. The quantitative estimate of drug-likeness (QED) is 0.225. The van der Waals surface area contributed by atoms with E-state index in [0.717, 1.165) is 33.4 Å². The van der Waals surface area contributed by atoms with Crippen LogP contribution >= 0.6 is 0 Å². The Bertz CT molecular complexity index is 2080. The number of pyridine rings is 2. The van der Waals surface area contributed by atoms with Crippen LogP contribution in [0.5, 0.6) is 0 Å². The van der Waals surface area contributed by atoms with Gasteiger partial charge < -0.3 is 9.13 Å². The van der Waals surface area contributed by atoms with Crippen molar-refractivity contribution in [3.63, 3.8) is 0 Å². The molecule has 0 fully saturated rings. The molecule has 1 aliphatic carbocycles. The van der Waals surface area contributed by atoms with E-state index in [9.17, 15) is 0 Å². The van der Waals surface area contributed by atoms with Gasteiger partial charge in [-0.2, -0.15) is 0 Å². The van der Waals surface area contributed by atoms with Crippen LogP contribution in [-0.4, -0.2) is 19.1 Å². The molecule has 0 saturated carbocycles. The van der Waals surface area contributed by atoms with Gasteiger partial charge in [0.15, 0.2) is 0 Å².